The standard InChI is InChI=1S/C16H26N4O/c1-21-16(9-5-2-6-10-16)15-18-13(11-14(19-15)20-17)12-7-3-4-8-12/h11-12H,2-10,17H2,1H3,(H,18,19,20). The minimum atomic E-state index is -0.321. The second-order valence-electron chi connectivity index (χ2n) is 6.39. The average molecular weight is 290 g/mol. The van der Waals surface area contributed by atoms with Gasteiger partial charge in [-0.15, -0.1) is 0 Å². The quantitative estimate of drug-likeness (QED) is 0.658. The molecular weight excluding hydrogens is 264 g/mol. The fourth-order valence-corrected chi connectivity index (χ4v) is 3.82. The van der Waals surface area contributed by atoms with E-state index in [9.17, 15) is 0 Å². The monoisotopic (exact) mass is 290 g/mol. The molecule has 1 aromatic rings. The van der Waals surface area contributed by atoms with E-state index in [0.29, 0.717) is 11.7 Å². The Bertz CT molecular complexity index is 479. The van der Waals surface area contributed by atoms with Crippen LogP contribution < -0.4 is 11.3 Å². The maximum absolute atomic E-state index is 5.89. The number of rotatable bonds is 4. The number of methoxy groups -OCH3 is 1. The van der Waals surface area contributed by atoms with E-state index in [1.807, 2.05) is 6.07 Å². The van der Waals surface area contributed by atoms with Crippen molar-refractivity contribution in [3.8, 4) is 0 Å². The number of nitrogens with zero attached hydrogens (tertiary/aromatic N) is 2. The van der Waals surface area contributed by atoms with E-state index in [1.165, 1.54) is 44.9 Å². The summed E-state index contributed by atoms with van der Waals surface area (Å²) < 4.78 is 5.89. The molecule has 21 heavy (non-hydrogen) atoms. The third-order valence-electron chi connectivity index (χ3n) is 5.13. The molecule has 0 spiro atoms. The zero-order chi connectivity index (χ0) is 14.7. The van der Waals surface area contributed by atoms with Crippen molar-refractivity contribution in [2.24, 2.45) is 5.84 Å². The summed E-state index contributed by atoms with van der Waals surface area (Å²) in [5.74, 6) is 7.70. The van der Waals surface area contributed by atoms with Crippen LogP contribution >= 0.6 is 0 Å². The van der Waals surface area contributed by atoms with Crippen molar-refractivity contribution in [2.75, 3.05) is 12.5 Å². The van der Waals surface area contributed by atoms with Gasteiger partial charge >= 0.3 is 0 Å². The van der Waals surface area contributed by atoms with Crippen LogP contribution in [0.3, 0.4) is 0 Å². The summed E-state index contributed by atoms with van der Waals surface area (Å²) in [6, 6.07) is 2.01. The Labute approximate surface area is 126 Å². The Kier molecular flexibility index (Phi) is 4.40. The molecule has 0 saturated heterocycles. The lowest BCUT2D eigenvalue weighted by Crippen LogP contribution is -2.34. The van der Waals surface area contributed by atoms with E-state index in [2.05, 4.69) is 10.4 Å². The van der Waals surface area contributed by atoms with Gasteiger partial charge in [0, 0.05) is 24.8 Å². The summed E-state index contributed by atoms with van der Waals surface area (Å²) in [5, 5.41) is 0. The number of hydrazine groups is 1. The van der Waals surface area contributed by atoms with E-state index in [0.717, 1.165) is 24.4 Å². The highest BCUT2D eigenvalue weighted by molar-refractivity contribution is 5.37. The van der Waals surface area contributed by atoms with Crippen LogP contribution in [0.15, 0.2) is 6.07 Å². The van der Waals surface area contributed by atoms with Gasteiger partial charge in [-0.1, -0.05) is 32.1 Å². The van der Waals surface area contributed by atoms with E-state index in [-0.39, 0.29) is 5.60 Å². The van der Waals surface area contributed by atoms with Gasteiger partial charge in [-0.2, -0.15) is 0 Å². The van der Waals surface area contributed by atoms with Gasteiger partial charge in [0.25, 0.3) is 0 Å². The molecule has 0 amide bonds. The topological polar surface area (TPSA) is 73.1 Å². The van der Waals surface area contributed by atoms with Gasteiger partial charge in [-0.3, -0.25) is 0 Å². The van der Waals surface area contributed by atoms with Crippen molar-refractivity contribution in [3.63, 3.8) is 0 Å². The molecule has 0 atom stereocenters. The molecule has 0 aliphatic heterocycles. The minimum absolute atomic E-state index is 0.321. The third kappa shape index (κ3) is 2.90. The number of hydrogen-bond donors (Lipinski definition) is 2. The van der Waals surface area contributed by atoms with Gasteiger partial charge in [0.15, 0.2) is 5.82 Å². The molecule has 0 unspecified atom stereocenters. The Morgan fingerprint density at radius 2 is 1.86 bits per heavy atom. The van der Waals surface area contributed by atoms with E-state index in [4.69, 9.17) is 15.6 Å². The van der Waals surface area contributed by atoms with Crippen LogP contribution in [-0.2, 0) is 10.3 Å². The molecule has 0 aromatic carbocycles. The first-order chi connectivity index (χ1) is 10.3. The van der Waals surface area contributed by atoms with E-state index < -0.39 is 0 Å². The molecule has 1 heterocycles. The predicted octanol–water partition coefficient (Wildman–Crippen LogP) is 3.23. The van der Waals surface area contributed by atoms with Crippen LogP contribution in [-0.4, -0.2) is 17.1 Å². The highest BCUT2D eigenvalue weighted by Crippen LogP contribution is 2.40. The summed E-state index contributed by atoms with van der Waals surface area (Å²) in [7, 11) is 1.78. The zero-order valence-corrected chi connectivity index (χ0v) is 12.9. The summed E-state index contributed by atoms with van der Waals surface area (Å²) in [4.78, 5) is 9.52. The second-order valence-corrected chi connectivity index (χ2v) is 6.39. The molecule has 5 nitrogen and oxygen atoms in total. The molecule has 0 radical (unpaired) electrons. The summed E-state index contributed by atoms with van der Waals surface area (Å²) in [6.07, 6.45) is 10.7. The third-order valence-corrected chi connectivity index (χ3v) is 5.13. The average Bonchev–Trinajstić information content (AvgIpc) is 3.09. The van der Waals surface area contributed by atoms with Crippen molar-refractivity contribution in [1.29, 1.82) is 0 Å². The van der Waals surface area contributed by atoms with Crippen LogP contribution in [0.1, 0.15) is 75.2 Å². The number of nitrogen functional groups attached to an aromatic ring is 1. The first kappa shape index (κ1) is 14.7. The molecule has 2 saturated carbocycles. The lowest BCUT2D eigenvalue weighted by atomic mass is 9.83. The van der Waals surface area contributed by atoms with Crippen LogP contribution in [0, 0.1) is 0 Å². The Morgan fingerprint density at radius 1 is 1.14 bits per heavy atom. The molecule has 0 bridgehead atoms. The number of ether oxygens (including phenoxy) is 1. The summed E-state index contributed by atoms with van der Waals surface area (Å²) in [6.45, 7) is 0. The number of nitrogens with one attached hydrogen (secondary N) is 1. The Balaban J connectivity index is 1.97. The van der Waals surface area contributed by atoms with Crippen molar-refractivity contribution < 1.29 is 4.74 Å². The number of anilines is 1. The van der Waals surface area contributed by atoms with Crippen LogP contribution in [0.5, 0.6) is 0 Å². The molecular formula is C16H26N4O. The zero-order valence-electron chi connectivity index (χ0n) is 12.9. The normalized spacial score (nSPS) is 22.4. The maximum atomic E-state index is 5.89. The second kappa shape index (κ2) is 6.28. The van der Waals surface area contributed by atoms with Gasteiger partial charge in [-0.25, -0.2) is 15.8 Å². The van der Waals surface area contributed by atoms with Gasteiger partial charge in [0.2, 0.25) is 0 Å². The van der Waals surface area contributed by atoms with Crippen molar-refractivity contribution in [1.82, 2.24) is 9.97 Å². The van der Waals surface area contributed by atoms with Crippen LogP contribution in [0.2, 0.25) is 0 Å². The number of hydrogen-bond acceptors (Lipinski definition) is 5. The van der Waals surface area contributed by atoms with Crippen LogP contribution in [0.4, 0.5) is 5.82 Å². The Morgan fingerprint density at radius 3 is 2.48 bits per heavy atom. The smallest absolute Gasteiger partial charge is 0.162 e. The van der Waals surface area contributed by atoms with Gasteiger partial charge in [0.1, 0.15) is 11.4 Å². The predicted molar refractivity (Wildman–Crippen MR) is 82.8 cm³/mol. The highest BCUT2D eigenvalue weighted by atomic mass is 16.5. The first-order valence-corrected chi connectivity index (χ1v) is 8.19. The molecule has 116 valence electrons. The Hall–Kier alpha value is -1.20. The van der Waals surface area contributed by atoms with E-state index >= 15 is 0 Å². The highest BCUT2D eigenvalue weighted by Gasteiger charge is 2.37. The molecule has 5 heteroatoms. The number of aromatic nitrogens is 2. The maximum Gasteiger partial charge on any atom is 0.162 e. The lowest BCUT2D eigenvalue weighted by Gasteiger charge is -2.35. The van der Waals surface area contributed by atoms with Gasteiger partial charge < -0.3 is 10.2 Å². The number of nitrogens with two attached hydrogens (primary N) is 1. The lowest BCUT2D eigenvalue weighted by molar-refractivity contribution is -0.0515. The van der Waals surface area contributed by atoms with Gasteiger partial charge in [0.05, 0.1) is 0 Å². The van der Waals surface area contributed by atoms with Crippen molar-refractivity contribution >= 4 is 5.82 Å². The molecule has 3 rings (SSSR count). The SMILES string of the molecule is COC1(c2nc(NN)cc(C3CCCC3)n2)CCCCC1. The van der Waals surface area contributed by atoms with Crippen LogP contribution in [0.25, 0.3) is 0 Å². The van der Waals surface area contributed by atoms with Crippen molar-refractivity contribution in [3.05, 3.63) is 17.6 Å². The molecule has 2 aliphatic rings. The summed E-state index contributed by atoms with van der Waals surface area (Å²) in [5.41, 5.74) is 3.52. The summed E-state index contributed by atoms with van der Waals surface area (Å²) >= 11 is 0. The molecule has 3 N–H and O–H groups in total. The fraction of sp³-hybridized carbons (Fsp3) is 0.750. The largest absolute Gasteiger partial charge is 0.370 e. The first-order valence-electron chi connectivity index (χ1n) is 8.19. The van der Waals surface area contributed by atoms with Crippen molar-refractivity contribution in [2.45, 2.75) is 69.3 Å². The van der Waals surface area contributed by atoms with E-state index in [1.54, 1.807) is 7.11 Å². The molecule has 1 aromatic heterocycles. The minimum Gasteiger partial charge on any atom is -0.370 e. The molecule has 2 aliphatic carbocycles. The fourth-order valence-electron chi connectivity index (χ4n) is 3.82. The van der Waals surface area contributed by atoms with Gasteiger partial charge in [-0.05, 0) is 25.7 Å². The molecule has 2 fully saturated rings.